The van der Waals surface area contributed by atoms with E-state index >= 15 is 0 Å². The van der Waals surface area contributed by atoms with Crippen molar-refractivity contribution in [2.75, 3.05) is 6.54 Å². The Hall–Kier alpha value is -1.72. The largest absolute Gasteiger partial charge is 0.479 e. The molecule has 0 bridgehead atoms. The van der Waals surface area contributed by atoms with Gasteiger partial charge in [0.15, 0.2) is 10.6 Å². The minimum absolute atomic E-state index is 0.337. The zero-order chi connectivity index (χ0) is 16.5. The second-order valence-electron chi connectivity index (χ2n) is 4.29. The molecule has 11 heteroatoms. The van der Waals surface area contributed by atoms with Crippen molar-refractivity contribution in [2.45, 2.75) is 23.7 Å². The van der Waals surface area contributed by atoms with Gasteiger partial charge in [-0.15, -0.1) is 0 Å². The number of hydrogen-bond donors (Lipinski definition) is 3. The van der Waals surface area contributed by atoms with E-state index in [4.69, 9.17) is 5.11 Å². The first-order valence-electron chi connectivity index (χ1n) is 5.35. The Morgan fingerprint density at radius 2 is 1.95 bits per heavy atom. The van der Waals surface area contributed by atoms with E-state index in [1.54, 1.807) is 4.72 Å². The van der Waals surface area contributed by atoms with Crippen LogP contribution in [0.15, 0.2) is 23.4 Å². The fourth-order valence-corrected chi connectivity index (χ4v) is 2.15. The van der Waals surface area contributed by atoms with E-state index in [2.05, 4.69) is 4.98 Å². The van der Waals surface area contributed by atoms with Gasteiger partial charge >= 0.3 is 12.1 Å². The second-order valence-corrected chi connectivity index (χ2v) is 6.00. The number of sulfonamides is 1. The van der Waals surface area contributed by atoms with Crippen LogP contribution in [0.4, 0.5) is 13.2 Å². The van der Waals surface area contributed by atoms with Gasteiger partial charge in [0, 0.05) is 6.20 Å². The SMILES string of the molecule is CC(O)(CNS(=O)(=O)c1ccc(C(F)(F)F)cn1)C(=O)O. The molecule has 0 aliphatic carbocycles. The van der Waals surface area contributed by atoms with Crippen LogP contribution >= 0.6 is 0 Å². The summed E-state index contributed by atoms with van der Waals surface area (Å²) in [7, 11) is -4.34. The lowest BCUT2D eigenvalue weighted by Gasteiger charge is -2.18. The third-order valence-electron chi connectivity index (χ3n) is 2.41. The highest BCUT2D eigenvalue weighted by Crippen LogP contribution is 2.28. The van der Waals surface area contributed by atoms with Gasteiger partial charge in [0.05, 0.1) is 12.1 Å². The van der Waals surface area contributed by atoms with Crippen molar-refractivity contribution >= 4 is 16.0 Å². The molecule has 1 heterocycles. The Labute approximate surface area is 117 Å². The van der Waals surface area contributed by atoms with Crippen LogP contribution in [0, 0.1) is 0 Å². The minimum atomic E-state index is -4.66. The standard InChI is InChI=1S/C10H11F3N2O5S/c1-9(18,8(16)17)5-15-21(19,20)7-3-2-6(4-14-7)10(11,12)13/h2-4,15,18H,5H2,1H3,(H,16,17). The predicted octanol–water partition coefficient (Wildman–Crippen LogP) is 0.214. The fourth-order valence-electron chi connectivity index (χ4n) is 1.09. The second kappa shape index (κ2) is 5.58. The van der Waals surface area contributed by atoms with E-state index < -0.39 is 44.9 Å². The van der Waals surface area contributed by atoms with Crippen molar-refractivity contribution in [2.24, 2.45) is 0 Å². The van der Waals surface area contributed by atoms with Gasteiger partial charge in [0.2, 0.25) is 0 Å². The van der Waals surface area contributed by atoms with Crippen molar-refractivity contribution in [1.82, 2.24) is 9.71 Å². The average Bonchev–Trinajstić information content (AvgIpc) is 2.36. The van der Waals surface area contributed by atoms with E-state index in [1.807, 2.05) is 0 Å². The fraction of sp³-hybridized carbons (Fsp3) is 0.400. The molecule has 1 atom stereocenters. The molecule has 7 nitrogen and oxygen atoms in total. The van der Waals surface area contributed by atoms with Gasteiger partial charge in [0.25, 0.3) is 10.0 Å². The van der Waals surface area contributed by atoms with Crippen molar-refractivity contribution in [3.8, 4) is 0 Å². The lowest BCUT2D eigenvalue weighted by molar-refractivity contribution is -0.155. The summed E-state index contributed by atoms with van der Waals surface area (Å²) in [6, 6.07) is 1.15. The summed E-state index contributed by atoms with van der Waals surface area (Å²) in [4.78, 5) is 13.8. The number of nitrogens with one attached hydrogen (secondary N) is 1. The summed E-state index contributed by atoms with van der Waals surface area (Å²) in [5.74, 6) is -1.66. The van der Waals surface area contributed by atoms with Crippen LogP contribution < -0.4 is 4.72 Å². The van der Waals surface area contributed by atoms with Crippen LogP contribution in [0.3, 0.4) is 0 Å². The van der Waals surface area contributed by atoms with Gasteiger partial charge in [-0.05, 0) is 19.1 Å². The number of aliphatic carboxylic acids is 1. The van der Waals surface area contributed by atoms with Crippen LogP contribution in [-0.4, -0.2) is 41.7 Å². The van der Waals surface area contributed by atoms with E-state index in [0.717, 1.165) is 6.92 Å². The molecule has 118 valence electrons. The van der Waals surface area contributed by atoms with Crippen LogP contribution in [0.1, 0.15) is 12.5 Å². The number of pyridine rings is 1. The number of aliphatic hydroxyl groups is 1. The predicted molar refractivity (Wildman–Crippen MR) is 62.7 cm³/mol. The Balaban J connectivity index is 2.92. The number of carbonyl (C=O) groups is 1. The Bertz CT molecular complexity index is 625. The zero-order valence-electron chi connectivity index (χ0n) is 10.5. The van der Waals surface area contributed by atoms with Crippen LogP contribution in [-0.2, 0) is 21.0 Å². The lowest BCUT2D eigenvalue weighted by atomic mass is 10.1. The normalized spacial score (nSPS) is 15.5. The number of alkyl halides is 3. The van der Waals surface area contributed by atoms with E-state index in [0.29, 0.717) is 18.3 Å². The number of carboxylic acid groups (broad SMARTS) is 1. The number of hydrogen-bond acceptors (Lipinski definition) is 5. The van der Waals surface area contributed by atoms with Crippen LogP contribution in [0.5, 0.6) is 0 Å². The van der Waals surface area contributed by atoms with Crippen molar-refractivity contribution in [3.05, 3.63) is 23.9 Å². The highest BCUT2D eigenvalue weighted by Gasteiger charge is 2.33. The molecule has 1 aromatic heterocycles. The molecular weight excluding hydrogens is 317 g/mol. The molecule has 0 aromatic carbocycles. The maximum atomic E-state index is 12.3. The summed E-state index contributed by atoms with van der Waals surface area (Å²) in [5, 5.41) is 17.2. The summed E-state index contributed by atoms with van der Waals surface area (Å²) < 4.78 is 62.1. The third kappa shape index (κ3) is 4.37. The number of halogens is 3. The molecule has 21 heavy (non-hydrogen) atoms. The summed E-state index contributed by atoms with van der Waals surface area (Å²) in [6.07, 6.45) is -4.32. The van der Waals surface area contributed by atoms with Crippen LogP contribution in [0.25, 0.3) is 0 Å². The molecule has 0 fully saturated rings. The maximum Gasteiger partial charge on any atom is 0.417 e. The zero-order valence-corrected chi connectivity index (χ0v) is 11.4. The first kappa shape index (κ1) is 17.3. The first-order valence-corrected chi connectivity index (χ1v) is 6.83. The molecule has 1 aromatic rings. The summed E-state index contributed by atoms with van der Waals surface area (Å²) in [5.41, 5.74) is -3.49. The molecule has 0 saturated heterocycles. The maximum absolute atomic E-state index is 12.3. The smallest absolute Gasteiger partial charge is 0.417 e. The van der Waals surface area contributed by atoms with Gasteiger partial charge in [-0.2, -0.15) is 13.2 Å². The molecule has 3 N–H and O–H groups in total. The van der Waals surface area contributed by atoms with Crippen molar-refractivity contribution < 1.29 is 36.6 Å². The van der Waals surface area contributed by atoms with Gasteiger partial charge in [-0.3, -0.25) is 0 Å². The van der Waals surface area contributed by atoms with E-state index in [9.17, 15) is 31.5 Å². The van der Waals surface area contributed by atoms with Crippen LogP contribution in [0.2, 0.25) is 0 Å². The molecule has 0 aliphatic rings. The highest BCUT2D eigenvalue weighted by atomic mass is 32.2. The topological polar surface area (TPSA) is 117 Å². The Kier molecular flexibility index (Phi) is 4.60. The Morgan fingerprint density at radius 1 is 1.38 bits per heavy atom. The molecular formula is C10H11F3N2O5S. The molecule has 1 unspecified atom stereocenters. The van der Waals surface area contributed by atoms with Gasteiger partial charge in [-0.1, -0.05) is 0 Å². The van der Waals surface area contributed by atoms with E-state index in [-0.39, 0.29) is 0 Å². The number of rotatable bonds is 5. The van der Waals surface area contributed by atoms with Crippen molar-refractivity contribution in [1.29, 1.82) is 0 Å². The number of carboxylic acids is 1. The molecule has 0 radical (unpaired) electrons. The minimum Gasteiger partial charge on any atom is -0.479 e. The van der Waals surface area contributed by atoms with Gasteiger partial charge < -0.3 is 10.2 Å². The molecule has 0 aliphatic heterocycles. The highest BCUT2D eigenvalue weighted by molar-refractivity contribution is 7.89. The van der Waals surface area contributed by atoms with Gasteiger partial charge in [0.1, 0.15) is 0 Å². The molecule has 0 spiro atoms. The van der Waals surface area contributed by atoms with E-state index in [1.165, 1.54) is 0 Å². The molecule has 0 amide bonds. The average molecular weight is 328 g/mol. The molecule has 0 saturated carbocycles. The third-order valence-corrected chi connectivity index (χ3v) is 3.72. The number of nitrogens with zero attached hydrogens (tertiary/aromatic N) is 1. The number of aromatic nitrogens is 1. The quantitative estimate of drug-likeness (QED) is 0.712. The van der Waals surface area contributed by atoms with Crippen molar-refractivity contribution in [3.63, 3.8) is 0 Å². The monoisotopic (exact) mass is 328 g/mol. The summed E-state index contributed by atoms with van der Waals surface area (Å²) >= 11 is 0. The lowest BCUT2D eigenvalue weighted by Crippen LogP contribution is -2.46. The Morgan fingerprint density at radius 3 is 2.33 bits per heavy atom. The molecule has 1 rings (SSSR count). The first-order chi connectivity index (χ1) is 9.36. The summed E-state index contributed by atoms with van der Waals surface area (Å²) in [6.45, 7) is -0.00853. The van der Waals surface area contributed by atoms with Gasteiger partial charge in [-0.25, -0.2) is 22.9 Å².